The first kappa shape index (κ1) is 13.2. The summed E-state index contributed by atoms with van der Waals surface area (Å²) in [7, 11) is 0. The van der Waals surface area contributed by atoms with Crippen LogP contribution >= 0.6 is 0 Å². The number of rotatable bonds is 6. The van der Waals surface area contributed by atoms with E-state index in [2.05, 4.69) is 43.4 Å². The van der Waals surface area contributed by atoms with Crippen LogP contribution in [0.1, 0.15) is 32.3 Å². The minimum absolute atomic E-state index is 0.249. The maximum absolute atomic E-state index is 8.96. The van der Waals surface area contributed by atoms with E-state index in [1.165, 1.54) is 5.56 Å². The minimum atomic E-state index is 0.249. The van der Waals surface area contributed by atoms with Gasteiger partial charge in [0.2, 0.25) is 0 Å². The maximum Gasteiger partial charge on any atom is 0.0468 e. The Morgan fingerprint density at radius 3 is 2.31 bits per heavy atom. The lowest BCUT2D eigenvalue weighted by molar-refractivity contribution is 0.229. The molecule has 2 N–H and O–H groups in total. The predicted molar refractivity (Wildman–Crippen MR) is 68.6 cm³/mol. The lowest BCUT2D eigenvalue weighted by atomic mass is 9.94. The summed E-state index contributed by atoms with van der Waals surface area (Å²) >= 11 is 0. The van der Waals surface area contributed by atoms with E-state index in [1.807, 2.05) is 13.0 Å². The van der Waals surface area contributed by atoms with E-state index in [0.717, 1.165) is 6.54 Å². The summed E-state index contributed by atoms with van der Waals surface area (Å²) in [5.41, 5.74) is 1.36. The summed E-state index contributed by atoms with van der Waals surface area (Å²) in [5, 5.41) is 12.4. The molecule has 0 saturated carbocycles. The second-order valence-corrected chi connectivity index (χ2v) is 4.68. The Labute approximate surface area is 98.7 Å². The second-order valence-electron chi connectivity index (χ2n) is 4.68. The smallest absolute Gasteiger partial charge is 0.0468 e. The van der Waals surface area contributed by atoms with Crippen LogP contribution in [0.5, 0.6) is 0 Å². The number of aliphatic hydroxyl groups excluding tert-OH is 1. The summed E-state index contributed by atoms with van der Waals surface area (Å²) < 4.78 is 0. The number of hydrogen-bond acceptors (Lipinski definition) is 2. The fourth-order valence-corrected chi connectivity index (χ4v) is 1.67. The van der Waals surface area contributed by atoms with Crippen LogP contribution in [0.2, 0.25) is 0 Å². The van der Waals surface area contributed by atoms with E-state index >= 15 is 0 Å². The maximum atomic E-state index is 8.96. The topological polar surface area (TPSA) is 32.3 Å². The van der Waals surface area contributed by atoms with Gasteiger partial charge in [0.1, 0.15) is 0 Å². The van der Waals surface area contributed by atoms with Crippen molar-refractivity contribution in [1.29, 1.82) is 0 Å². The van der Waals surface area contributed by atoms with Crippen molar-refractivity contribution < 1.29 is 5.11 Å². The lowest BCUT2D eigenvalue weighted by Gasteiger charge is -2.23. The highest BCUT2D eigenvalue weighted by Crippen LogP contribution is 2.18. The van der Waals surface area contributed by atoms with Crippen molar-refractivity contribution in [3.63, 3.8) is 0 Å². The molecule has 1 aromatic rings. The summed E-state index contributed by atoms with van der Waals surface area (Å²) in [4.78, 5) is 0. The van der Waals surface area contributed by atoms with Gasteiger partial charge in [-0.3, -0.25) is 0 Å². The molecule has 0 amide bonds. The summed E-state index contributed by atoms with van der Waals surface area (Å²) in [6.07, 6.45) is 0. The quantitative estimate of drug-likeness (QED) is 0.773. The van der Waals surface area contributed by atoms with Gasteiger partial charge in [-0.05, 0) is 24.3 Å². The van der Waals surface area contributed by atoms with Gasteiger partial charge in [-0.25, -0.2) is 0 Å². The van der Waals surface area contributed by atoms with Gasteiger partial charge in [0.25, 0.3) is 0 Å². The van der Waals surface area contributed by atoms with E-state index in [-0.39, 0.29) is 6.61 Å². The van der Waals surface area contributed by atoms with Crippen LogP contribution in [0.25, 0.3) is 0 Å². The molecule has 1 aromatic carbocycles. The third kappa shape index (κ3) is 3.95. The molecule has 0 heterocycles. The molecule has 0 aliphatic rings. The molecule has 0 spiro atoms. The Balaban J connectivity index is 2.45. The van der Waals surface area contributed by atoms with E-state index in [1.54, 1.807) is 0 Å². The third-order valence-electron chi connectivity index (χ3n) is 3.18. The van der Waals surface area contributed by atoms with E-state index in [4.69, 9.17) is 5.11 Å². The Kier molecular flexibility index (Phi) is 5.50. The Bertz CT molecular complexity index is 286. The zero-order valence-corrected chi connectivity index (χ0v) is 10.5. The average Bonchev–Trinajstić information content (AvgIpc) is 2.35. The summed E-state index contributed by atoms with van der Waals surface area (Å²) in [5.74, 6) is 0.817. The van der Waals surface area contributed by atoms with Crippen molar-refractivity contribution >= 4 is 0 Å². The van der Waals surface area contributed by atoms with Crippen molar-refractivity contribution in [2.24, 2.45) is 5.92 Å². The molecule has 0 aromatic heterocycles. The Morgan fingerprint density at radius 2 is 1.75 bits per heavy atom. The molecule has 0 aliphatic heterocycles. The van der Waals surface area contributed by atoms with Gasteiger partial charge in [0.05, 0.1) is 0 Å². The molecule has 0 fully saturated rings. The first-order chi connectivity index (χ1) is 7.65. The molecule has 0 radical (unpaired) electrons. The molecule has 0 saturated heterocycles. The normalized spacial score (nSPS) is 16.8. The zero-order chi connectivity index (χ0) is 12.0. The average molecular weight is 221 g/mol. The van der Waals surface area contributed by atoms with Crippen LogP contribution in [0.15, 0.2) is 30.3 Å². The molecule has 3 atom stereocenters. The zero-order valence-electron chi connectivity index (χ0n) is 10.5. The fraction of sp³-hybridized carbons (Fsp3) is 0.571. The highest BCUT2D eigenvalue weighted by Gasteiger charge is 2.14. The van der Waals surface area contributed by atoms with Crippen LogP contribution in [0.3, 0.4) is 0 Å². The van der Waals surface area contributed by atoms with Gasteiger partial charge in [0.15, 0.2) is 0 Å². The van der Waals surface area contributed by atoms with Crippen LogP contribution in [-0.2, 0) is 0 Å². The van der Waals surface area contributed by atoms with Crippen molar-refractivity contribution in [3.05, 3.63) is 35.9 Å². The van der Waals surface area contributed by atoms with Crippen molar-refractivity contribution in [2.45, 2.75) is 32.7 Å². The highest BCUT2D eigenvalue weighted by molar-refractivity contribution is 5.20. The molecular weight excluding hydrogens is 198 g/mol. The van der Waals surface area contributed by atoms with E-state index in [9.17, 15) is 0 Å². The number of nitrogens with one attached hydrogen (secondary N) is 1. The SMILES string of the molecule is CC(CO)CNC(C)C(C)c1ccccc1. The molecule has 2 nitrogen and oxygen atoms in total. The number of hydrogen-bond donors (Lipinski definition) is 2. The van der Waals surface area contributed by atoms with Crippen molar-refractivity contribution in [1.82, 2.24) is 5.32 Å². The molecule has 90 valence electrons. The largest absolute Gasteiger partial charge is 0.396 e. The Morgan fingerprint density at radius 1 is 1.12 bits per heavy atom. The van der Waals surface area contributed by atoms with Gasteiger partial charge < -0.3 is 10.4 Å². The Hall–Kier alpha value is -0.860. The van der Waals surface area contributed by atoms with Gasteiger partial charge in [-0.2, -0.15) is 0 Å². The third-order valence-corrected chi connectivity index (χ3v) is 3.18. The van der Waals surface area contributed by atoms with Gasteiger partial charge >= 0.3 is 0 Å². The second kappa shape index (κ2) is 6.66. The molecule has 0 aliphatic carbocycles. The molecule has 0 bridgehead atoms. The van der Waals surface area contributed by atoms with Crippen molar-refractivity contribution in [2.75, 3.05) is 13.2 Å². The summed E-state index contributed by atoms with van der Waals surface area (Å²) in [6.45, 7) is 7.60. The highest BCUT2D eigenvalue weighted by atomic mass is 16.3. The van der Waals surface area contributed by atoms with Crippen LogP contribution < -0.4 is 5.32 Å². The fourth-order valence-electron chi connectivity index (χ4n) is 1.67. The molecule has 1 rings (SSSR count). The monoisotopic (exact) mass is 221 g/mol. The van der Waals surface area contributed by atoms with E-state index < -0.39 is 0 Å². The number of benzene rings is 1. The van der Waals surface area contributed by atoms with Gasteiger partial charge in [-0.15, -0.1) is 0 Å². The van der Waals surface area contributed by atoms with Gasteiger partial charge in [0, 0.05) is 19.2 Å². The predicted octanol–water partition coefficient (Wildman–Crippen LogP) is 2.40. The van der Waals surface area contributed by atoms with Gasteiger partial charge in [-0.1, -0.05) is 44.2 Å². The molecule has 3 unspecified atom stereocenters. The number of aliphatic hydroxyl groups is 1. The van der Waals surface area contributed by atoms with E-state index in [0.29, 0.717) is 17.9 Å². The summed E-state index contributed by atoms with van der Waals surface area (Å²) in [6, 6.07) is 11.0. The molecule has 16 heavy (non-hydrogen) atoms. The lowest BCUT2D eigenvalue weighted by Crippen LogP contribution is -2.35. The van der Waals surface area contributed by atoms with Crippen LogP contribution in [0.4, 0.5) is 0 Å². The first-order valence-electron chi connectivity index (χ1n) is 6.04. The minimum Gasteiger partial charge on any atom is -0.396 e. The van der Waals surface area contributed by atoms with Crippen LogP contribution in [0, 0.1) is 5.92 Å². The first-order valence-corrected chi connectivity index (χ1v) is 6.04. The molecule has 2 heteroatoms. The van der Waals surface area contributed by atoms with Crippen molar-refractivity contribution in [3.8, 4) is 0 Å². The molecular formula is C14H23NO. The van der Waals surface area contributed by atoms with Crippen LogP contribution in [-0.4, -0.2) is 24.3 Å². The standard InChI is InChI=1S/C14H23NO/c1-11(10-16)9-15-13(3)12(2)14-7-5-4-6-8-14/h4-8,11-13,15-16H,9-10H2,1-3H3.